The van der Waals surface area contributed by atoms with Crippen LogP contribution in [0.5, 0.6) is 5.75 Å². The molecule has 0 aliphatic heterocycles. The zero-order chi connectivity index (χ0) is 28.6. The highest BCUT2D eigenvalue weighted by atomic mass is 33.1. The van der Waals surface area contributed by atoms with E-state index in [1.807, 2.05) is 0 Å². The third kappa shape index (κ3) is 8.65. The summed E-state index contributed by atoms with van der Waals surface area (Å²) in [5.41, 5.74) is -0.507. The number of benzene rings is 3. The van der Waals surface area contributed by atoms with Crippen LogP contribution in [0.3, 0.4) is 0 Å². The number of fused-ring (bicyclic) bond motifs is 1. The van der Waals surface area contributed by atoms with E-state index < -0.39 is 47.4 Å². The molecule has 0 radical (unpaired) electrons. The molecule has 0 atom stereocenters. The number of thiol groups is 1. The van der Waals surface area contributed by atoms with Crippen molar-refractivity contribution in [2.24, 2.45) is 10.2 Å². The quantitative estimate of drug-likeness (QED) is 0.0484. The Morgan fingerprint density at radius 2 is 1.56 bits per heavy atom. The van der Waals surface area contributed by atoms with Gasteiger partial charge < -0.3 is 10.4 Å². The topological polar surface area (TPSA) is 183 Å². The number of azo groups is 1. The molecule has 210 valence electrons. The normalized spacial score (nSPS) is 12.3. The molecule has 0 fully saturated rings. The van der Waals surface area contributed by atoms with Crippen LogP contribution in [0.15, 0.2) is 68.6 Å². The number of hydrogen-bond donors (Lipinski definition) is 5. The molecule has 3 aromatic rings. The van der Waals surface area contributed by atoms with Gasteiger partial charge in [0.2, 0.25) is 5.91 Å². The number of rotatable bonds is 13. The van der Waals surface area contributed by atoms with Gasteiger partial charge in [0, 0.05) is 17.6 Å². The standard InChI is InChI=1S/C24H27N3O8S4/c28-21(11-7-2-1-3-8-12-37-36)25-19-15-18(38(30,31)32)13-16-14-20(39(33,34)35)23(24(29)22(16)19)27-26-17-9-5-4-6-10-17/h4-6,9-10,13-15,29,36H,1-3,7-8,11-12H2,(H,25,28)(H,30,31,32)(H,33,34,35)/b27-26+. The van der Waals surface area contributed by atoms with E-state index in [0.29, 0.717) is 12.1 Å². The first-order valence-electron chi connectivity index (χ1n) is 11.7. The average Bonchev–Trinajstić information content (AvgIpc) is 2.86. The lowest BCUT2D eigenvalue weighted by molar-refractivity contribution is -0.116. The number of carbonyl (C=O) groups excluding carboxylic acids is 1. The van der Waals surface area contributed by atoms with Crippen molar-refractivity contribution < 1.29 is 35.8 Å². The van der Waals surface area contributed by atoms with Crippen LogP contribution in [-0.2, 0) is 25.0 Å². The van der Waals surface area contributed by atoms with Crippen molar-refractivity contribution in [1.82, 2.24) is 0 Å². The van der Waals surface area contributed by atoms with Crippen LogP contribution in [0.4, 0.5) is 17.1 Å². The van der Waals surface area contributed by atoms with Crippen LogP contribution < -0.4 is 5.32 Å². The third-order valence-electron chi connectivity index (χ3n) is 5.63. The number of phenols is 1. The number of unbranched alkanes of at least 4 members (excludes halogenated alkanes) is 4. The van der Waals surface area contributed by atoms with Gasteiger partial charge >= 0.3 is 0 Å². The van der Waals surface area contributed by atoms with E-state index >= 15 is 0 Å². The van der Waals surface area contributed by atoms with Gasteiger partial charge in [0.15, 0.2) is 5.75 Å². The Balaban J connectivity index is 2.04. The van der Waals surface area contributed by atoms with Gasteiger partial charge in [-0.1, -0.05) is 48.3 Å². The molecule has 0 aromatic heterocycles. The van der Waals surface area contributed by atoms with Crippen molar-refractivity contribution in [3.8, 4) is 5.75 Å². The van der Waals surface area contributed by atoms with Crippen molar-refractivity contribution in [2.75, 3.05) is 11.1 Å². The highest BCUT2D eigenvalue weighted by molar-refractivity contribution is 8.68. The molecule has 0 spiro atoms. The minimum Gasteiger partial charge on any atom is -0.505 e. The number of nitrogens with zero attached hydrogens (tertiary/aromatic N) is 2. The Kier molecular flexibility index (Phi) is 10.7. The largest absolute Gasteiger partial charge is 0.505 e. The molecule has 4 N–H and O–H groups in total. The van der Waals surface area contributed by atoms with Gasteiger partial charge in [-0.2, -0.15) is 21.9 Å². The highest BCUT2D eigenvalue weighted by Crippen LogP contribution is 2.45. The summed E-state index contributed by atoms with van der Waals surface area (Å²) in [6.45, 7) is 0. The molecule has 1 amide bonds. The lowest BCUT2D eigenvalue weighted by Gasteiger charge is -2.15. The van der Waals surface area contributed by atoms with Crippen LogP contribution in [-0.4, -0.2) is 42.7 Å². The molecule has 0 aliphatic carbocycles. The fourth-order valence-corrected chi connectivity index (χ4v) is 5.72. The Hall–Kier alpha value is -2.69. The van der Waals surface area contributed by atoms with Crippen LogP contribution in [0.1, 0.15) is 38.5 Å². The number of hydrogen-bond acceptors (Lipinski definition) is 10. The first kappa shape index (κ1) is 30.8. The summed E-state index contributed by atoms with van der Waals surface area (Å²) in [5, 5.41) is 21.0. The van der Waals surface area contributed by atoms with Crippen molar-refractivity contribution in [1.29, 1.82) is 0 Å². The number of anilines is 1. The second kappa shape index (κ2) is 13.6. The van der Waals surface area contributed by atoms with Gasteiger partial charge in [0.1, 0.15) is 10.6 Å². The summed E-state index contributed by atoms with van der Waals surface area (Å²) in [5.74, 6) is -0.323. The van der Waals surface area contributed by atoms with Crippen molar-refractivity contribution in [3.63, 3.8) is 0 Å². The fraction of sp³-hybridized carbons (Fsp3) is 0.292. The van der Waals surface area contributed by atoms with Crippen molar-refractivity contribution in [2.45, 2.75) is 48.3 Å². The molecule has 3 aromatic carbocycles. The van der Waals surface area contributed by atoms with E-state index in [2.05, 4.69) is 27.2 Å². The second-order valence-corrected chi connectivity index (χ2v) is 12.8. The van der Waals surface area contributed by atoms with Crippen LogP contribution in [0, 0.1) is 0 Å². The Labute approximate surface area is 235 Å². The summed E-state index contributed by atoms with van der Waals surface area (Å²) in [6.07, 6.45) is 4.40. The maximum Gasteiger partial charge on any atom is 0.296 e. The van der Waals surface area contributed by atoms with Gasteiger partial charge in [-0.15, -0.1) is 16.8 Å². The summed E-state index contributed by atoms with van der Waals surface area (Å²) >= 11 is 4.09. The minimum absolute atomic E-state index is 0.101. The van der Waals surface area contributed by atoms with Crippen LogP contribution >= 0.6 is 22.5 Å². The number of aromatic hydroxyl groups is 1. The number of carbonyl (C=O) groups is 1. The Morgan fingerprint density at radius 1 is 0.897 bits per heavy atom. The molecule has 0 saturated heterocycles. The molecule has 11 nitrogen and oxygen atoms in total. The number of amides is 1. The summed E-state index contributed by atoms with van der Waals surface area (Å²) in [7, 11) is -8.30. The first-order chi connectivity index (χ1) is 18.4. The predicted octanol–water partition coefficient (Wildman–Crippen LogP) is 6.31. The SMILES string of the molecule is O=C(CCCCCCCSS)Nc1cc(S(=O)(=O)O)cc2cc(S(=O)(=O)O)c(/N=N/c3ccccc3)c(O)c12. The zero-order valence-electron chi connectivity index (χ0n) is 20.5. The predicted molar refractivity (Wildman–Crippen MR) is 154 cm³/mol. The maximum atomic E-state index is 12.7. The van der Waals surface area contributed by atoms with E-state index in [-0.39, 0.29) is 22.9 Å². The molecule has 0 heterocycles. The van der Waals surface area contributed by atoms with Crippen LogP contribution in [0.2, 0.25) is 0 Å². The Morgan fingerprint density at radius 3 is 2.21 bits per heavy atom. The molecular formula is C24H27N3O8S4. The highest BCUT2D eigenvalue weighted by Gasteiger charge is 2.26. The van der Waals surface area contributed by atoms with Gasteiger partial charge in [-0.3, -0.25) is 13.9 Å². The zero-order valence-corrected chi connectivity index (χ0v) is 23.9. The molecule has 15 heteroatoms. The van der Waals surface area contributed by atoms with Crippen LogP contribution in [0.25, 0.3) is 10.8 Å². The van der Waals surface area contributed by atoms with E-state index in [9.17, 15) is 35.8 Å². The maximum absolute atomic E-state index is 12.7. The molecule has 0 aliphatic rings. The summed E-state index contributed by atoms with van der Waals surface area (Å²) in [4.78, 5) is 11.2. The average molecular weight is 614 g/mol. The van der Waals surface area contributed by atoms with Crippen molar-refractivity contribution in [3.05, 3.63) is 48.5 Å². The van der Waals surface area contributed by atoms with Gasteiger partial charge in [-0.25, -0.2) is 0 Å². The van der Waals surface area contributed by atoms with E-state index in [4.69, 9.17) is 0 Å². The molecule has 0 unspecified atom stereocenters. The lowest BCUT2D eigenvalue weighted by atomic mass is 10.1. The monoisotopic (exact) mass is 613 g/mol. The Bertz CT molecular complexity index is 1580. The second-order valence-electron chi connectivity index (χ2n) is 8.53. The molecular weight excluding hydrogens is 587 g/mol. The molecule has 3 rings (SSSR count). The molecule has 0 saturated carbocycles. The van der Waals surface area contributed by atoms with E-state index in [1.54, 1.807) is 30.3 Å². The third-order valence-corrected chi connectivity index (χ3v) is 8.35. The smallest absolute Gasteiger partial charge is 0.296 e. The molecule has 39 heavy (non-hydrogen) atoms. The van der Waals surface area contributed by atoms with Gasteiger partial charge in [0.05, 0.1) is 16.3 Å². The van der Waals surface area contributed by atoms with Gasteiger partial charge in [-0.05, 0) is 48.6 Å². The van der Waals surface area contributed by atoms with E-state index in [0.717, 1.165) is 49.6 Å². The van der Waals surface area contributed by atoms with E-state index in [1.165, 1.54) is 10.8 Å². The van der Waals surface area contributed by atoms with Crippen molar-refractivity contribution >= 4 is 76.4 Å². The molecule has 0 bridgehead atoms. The van der Waals surface area contributed by atoms with Gasteiger partial charge in [0.25, 0.3) is 20.2 Å². The fourth-order valence-electron chi connectivity index (χ4n) is 3.80. The first-order valence-corrected chi connectivity index (χ1v) is 16.7. The summed E-state index contributed by atoms with van der Waals surface area (Å²) < 4.78 is 67.5. The minimum atomic E-state index is -4.98. The number of nitrogens with one attached hydrogen (secondary N) is 1. The lowest BCUT2D eigenvalue weighted by Crippen LogP contribution is -2.12. The summed E-state index contributed by atoms with van der Waals surface area (Å²) in [6, 6.07) is 10.9. The number of phenolic OH excluding ortho intramolecular Hbond substituents is 1.